The lowest BCUT2D eigenvalue weighted by Crippen LogP contribution is -2.17. The molecule has 0 radical (unpaired) electrons. The highest BCUT2D eigenvalue weighted by Crippen LogP contribution is 2.35. The highest BCUT2D eigenvalue weighted by molar-refractivity contribution is 7.16. The third-order valence-electron chi connectivity index (χ3n) is 3.72. The van der Waals surface area contributed by atoms with Crippen molar-refractivity contribution < 1.29 is 18.7 Å². The Morgan fingerprint density at radius 2 is 2.08 bits per heavy atom. The van der Waals surface area contributed by atoms with E-state index in [-0.39, 0.29) is 11.7 Å². The van der Waals surface area contributed by atoms with Gasteiger partial charge >= 0.3 is 5.91 Å². The van der Waals surface area contributed by atoms with E-state index >= 15 is 0 Å². The molecule has 3 aromatic rings. The number of furan rings is 1. The average molecular weight is 344 g/mol. The van der Waals surface area contributed by atoms with Crippen LogP contribution in [0.1, 0.15) is 23.9 Å². The summed E-state index contributed by atoms with van der Waals surface area (Å²) in [6.07, 6.45) is 2.40. The smallest absolute Gasteiger partial charge is 0.315 e. The molecule has 0 bridgehead atoms. The molecule has 6 nitrogen and oxygen atoms in total. The van der Waals surface area contributed by atoms with Gasteiger partial charge in [-0.2, -0.15) is 4.99 Å². The zero-order valence-electron chi connectivity index (χ0n) is 13.2. The first-order chi connectivity index (χ1) is 11.8. The number of benzene rings is 1. The Balaban J connectivity index is 1.88. The molecule has 2 aromatic heterocycles. The van der Waals surface area contributed by atoms with Gasteiger partial charge in [-0.05, 0) is 18.6 Å². The fourth-order valence-corrected chi connectivity index (χ4v) is 3.74. The van der Waals surface area contributed by atoms with Crippen molar-refractivity contribution in [1.29, 1.82) is 0 Å². The van der Waals surface area contributed by atoms with Crippen LogP contribution in [-0.2, 0) is 6.54 Å². The predicted molar refractivity (Wildman–Crippen MR) is 89.7 cm³/mol. The predicted octanol–water partition coefficient (Wildman–Crippen LogP) is 3.22. The number of rotatable bonds is 3. The van der Waals surface area contributed by atoms with Crippen LogP contribution in [0.2, 0.25) is 0 Å². The topological polar surface area (TPSA) is 66.0 Å². The monoisotopic (exact) mass is 344 g/mol. The zero-order valence-corrected chi connectivity index (χ0v) is 14.0. The summed E-state index contributed by atoms with van der Waals surface area (Å²) in [5.41, 5.74) is 0.997. The van der Waals surface area contributed by atoms with Crippen molar-refractivity contribution in [3.8, 4) is 11.5 Å². The second-order valence-electron chi connectivity index (χ2n) is 5.39. The first-order valence-corrected chi connectivity index (χ1v) is 8.63. The molecule has 0 spiro atoms. The lowest BCUT2D eigenvalue weighted by Gasteiger charge is -2.18. The summed E-state index contributed by atoms with van der Waals surface area (Å²) in [7, 11) is 0. The third kappa shape index (κ3) is 2.60. The fourth-order valence-electron chi connectivity index (χ4n) is 2.67. The van der Waals surface area contributed by atoms with E-state index in [1.165, 1.54) is 17.6 Å². The summed E-state index contributed by atoms with van der Waals surface area (Å²) in [6, 6.07) is 7.21. The molecular formula is C17H16N2O4S. The van der Waals surface area contributed by atoms with Crippen molar-refractivity contribution in [3.05, 3.63) is 41.1 Å². The number of aromatic nitrogens is 1. The van der Waals surface area contributed by atoms with E-state index in [0.717, 1.165) is 34.7 Å². The van der Waals surface area contributed by atoms with Gasteiger partial charge in [0.15, 0.2) is 22.1 Å². The zero-order chi connectivity index (χ0) is 16.5. The van der Waals surface area contributed by atoms with Gasteiger partial charge in [0.25, 0.3) is 0 Å². The lowest BCUT2D eigenvalue weighted by molar-refractivity contribution is 0.0971. The average Bonchev–Trinajstić information content (AvgIpc) is 3.22. The van der Waals surface area contributed by atoms with E-state index < -0.39 is 0 Å². The van der Waals surface area contributed by atoms with Gasteiger partial charge in [0.05, 0.1) is 16.5 Å². The third-order valence-corrected chi connectivity index (χ3v) is 4.76. The van der Waals surface area contributed by atoms with Gasteiger partial charge in [-0.15, -0.1) is 0 Å². The van der Waals surface area contributed by atoms with Crippen molar-refractivity contribution in [2.75, 3.05) is 13.2 Å². The van der Waals surface area contributed by atoms with Crippen LogP contribution in [0.4, 0.5) is 0 Å². The van der Waals surface area contributed by atoms with Crippen molar-refractivity contribution >= 4 is 27.5 Å². The van der Waals surface area contributed by atoms with Gasteiger partial charge in [0.1, 0.15) is 13.2 Å². The Morgan fingerprint density at radius 1 is 1.29 bits per heavy atom. The number of aryl methyl sites for hydroxylation is 1. The number of hydrogen-bond acceptors (Lipinski definition) is 5. The summed E-state index contributed by atoms with van der Waals surface area (Å²) in [5, 5.41) is 0. The van der Waals surface area contributed by atoms with Gasteiger partial charge in [-0.25, -0.2) is 0 Å². The Hall–Kier alpha value is -2.54. The second kappa shape index (κ2) is 6.16. The molecule has 1 aliphatic heterocycles. The standard InChI is InChI=1S/C17H16N2O4S/c1-2-5-19-11-9-13-14(23-8-7-22-13)10-15(11)24-17(19)18-16(20)12-4-3-6-21-12/h3-4,6,9-10H,2,5,7-8H2,1H3. The molecule has 1 aliphatic rings. The molecule has 4 rings (SSSR count). The maximum absolute atomic E-state index is 12.2. The quantitative estimate of drug-likeness (QED) is 0.732. The van der Waals surface area contributed by atoms with E-state index in [1.807, 2.05) is 16.7 Å². The molecule has 0 aliphatic carbocycles. The van der Waals surface area contributed by atoms with Crippen LogP contribution in [0.3, 0.4) is 0 Å². The van der Waals surface area contributed by atoms with E-state index in [2.05, 4.69) is 11.9 Å². The number of thiazole rings is 1. The van der Waals surface area contributed by atoms with Crippen LogP contribution < -0.4 is 14.3 Å². The SMILES string of the molecule is CCCn1c(=NC(=O)c2ccco2)sc2cc3c(cc21)OCCO3. The van der Waals surface area contributed by atoms with E-state index in [1.54, 1.807) is 12.1 Å². The maximum atomic E-state index is 12.2. The van der Waals surface area contributed by atoms with Crippen molar-refractivity contribution in [2.45, 2.75) is 19.9 Å². The largest absolute Gasteiger partial charge is 0.486 e. The van der Waals surface area contributed by atoms with Crippen molar-refractivity contribution in [1.82, 2.24) is 4.57 Å². The number of carbonyl (C=O) groups is 1. The Bertz CT molecular complexity index is 953. The normalized spacial score (nSPS) is 14.3. The molecular weight excluding hydrogens is 328 g/mol. The van der Waals surface area contributed by atoms with Crippen LogP contribution in [0.25, 0.3) is 10.2 Å². The maximum Gasteiger partial charge on any atom is 0.315 e. The molecule has 1 aromatic carbocycles. The van der Waals surface area contributed by atoms with Crippen LogP contribution in [0.15, 0.2) is 39.9 Å². The number of fused-ring (bicyclic) bond motifs is 2. The Labute approximate surface area is 142 Å². The van der Waals surface area contributed by atoms with Crippen molar-refractivity contribution in [3.63, 3.8) is 0 Å². The lowest BCUT2D eigenvalue weighted by atomic mass is 10.2. The minimum Gasteiger partial charge on any atom is -0.486 e. The number of ether oxygens (including phenoxy) is 2. The first-order valence-electron chi connectivity index (χ1n) is 7.82. The molecule has 0 saturated heterocycles. The summed E-state index contributed by atoms with van der Waals surface area (Å²) in [6.45, 7) is 3.95. The molecule has 0 N–H and O–H groups in total. The van der Waals surface area contributed by atoms with Gasteiger partial charge in [-0.1, -0.05) is 18.3 Å². The molecule has 24 heavy (non-hydrogen) atoms. The molecule has 0 atom stereocenters. The number of amides is 1. The molecule has 124 valence electrons. The number of hydrogen-bond donors (Lipinski definition) is 0. The summed E-state index contributed by atoms with van der Waals surface area (Å²) in [5.74, 6) is 1.33. The molecule has 3 heterocycles. The fraction of sp³-hybridized carbons (Fsp3) is 0.294. The van der Waals surface area contributed by atoms with Gasteiger partial charge < -0.3 is 18.5 Å². The molecule has 7 heteroatoms. The highest BCUT2D eigenvalue weighted by Gasteiger charge is 2.17. The molecule has 1 amide bonds. The minimum atomic E-state index is -0.381. The van der Waals surface area contributed by atoms with Crippen molar-refractivity contribution in [2.24, 2.45) is 4.99 Å². The molecule has 0 fully saturated rings. The van der Waals surface area contributed by atoms with E-state index in [4.69, 9.17) is 13.9 Å². The van der Waals surface area contributed by atoms with Gasteiger partial charge in [0.2, 0.25) is 0 Å². The van der Waals surface area contributed by atoms with E-state index in [0.29, 0.717) is 18.0 Å². The van der Waals surface area contributed by atoms with E-state index in [9.17, 15) is 4.79 Å². The first kappa shape index (κ1) is 15.0. The van der Waals surface area contributed by atoms with Crippen LogP contribution in [-0.4, -0.2) is 23.7 Å². The summed E-state index contributed by atoms with van der Waals surface area (Å²) >= 11 is 1.46. The van der Waals surface area contributed by atoms with Crippen LogP contribution in [0.5, 0.6) is 11.5 Å². The number of nitrogens with zero attached hydrogens (tertiary/aromatic N) is 2. The van der Waals surface area contributed by atoms with Crippen LogP contribution in [0, 0.1) is 0 Å². The van der Waals surface area contributed by atoms with Crippen LogP contribution >= 0.6 is 11.3 Å². The Kier molecular flexibility index (Phi) is 3.86. The minimum absolute atomic E-state index is 0.237. The Morgan fingerprint density at radius 3 is 2.79 bits per heavy atom. The number of carbonyl (C=O) groups excluding carboxylic acids is 1. The highest BCUT2D eigenvalue weighted by atomic mass is 32.1. The summed E-state index contributed by atoms with van der Waals surface area (Å²) in [4.78, 5) is 17.1. The second-order valence-corrected chi connectivity index (χ2v) is 6.40. The van der Waals surface area contributed by atoms with Gasteiger partial charge in [-0.3, -0.25) is 4.79 Å². The van der Waals surface area contributed by atoms with Gasteiger partial charge in [0, 0.05) is 18.7 Å². The molecule has 0 unspecified atom stereocenters. The summed E-state index contributed by atoms with van der Waals surface area (Å²) < 4.78 is 19.5. The molecule has 0 saturated carbocycles.